The van der Waals surface area contributed by atoms with Gasteiger partial charge in [0, 0.05) is 26.2 Å². The van der Waals surface area contributed by atoms with Crippen LogP contribution in [-0.4, -0.2) is 49.5 Å². The number of benzene rings is 1. The molecular formula is C13H20N2O2. The van der Waals surface area contributed by atoms with Gasteiger partial charge >= 0.3 is 0 Å². The first-order chi connectivity index (χ1) is 8.22. The number of hydrogen-bond acceptors (Lipinski definition) is 4. The quantitative estimate of drug-likeness (QED) is 0.854. The molecule has 1 fully saturated rings. The summed E-state index contributed by atoms with van der Waals surface area (Å²) < 4.78 is 5.37. The van der Waals surface area contributed by atoms with E-state index in [4.69, 9.17) is 4.74 Å². The fourth-order valence-corrected chi connectivity index (χ4v) is 2.23. The molecule has 1 aliphatic heterocycles. The van der Waals surface area contributed by atoms with Crippen molar-refractivity contribution in [2.24, 2.45) is 0 Å². The second kappa shape index (κ2) is 5.38. The molecule has 1 aromatic rings. The molecule has 0 bridgehead atoms. The number of ether oxygens (including phenoxy) is 1. The zero-order valence-electron chi connectivity index (χ0n) is 10.5. The van der Waals surface area contributed by atoms with Crippen LogP contribution >= 0.6 is 0 Å². The molecule has 1 unspecified atom stereocenters. The average Bonchev–Trinajstić information content (AvgIpc) is 2.39. The van der Waals surface area contributed by atoms with Crippen LogP contribution < -0.4 is 9.64 Å². The lowest BCUT2D eigenvalue weighted by Crippen LogP contribution is -2.49. The Morgan fingerprint density at radius 2 is 1.82 bits per heavy atom. The smallest absolute Gasteiger partial charge is 0.142 e. The Morgan fingerprint density at radius 3 is 2.41 bits per heavy atom. The van der Waals surface area contributed by atoms with Crippen LogP contribution in [0.4, 0.5) is 5.69 Å². The summed E-state index contributed by atoms with van der Waals surface area (Å²) in [6.07, 6.45) is -0.352. The van der Waals surface area contributed by atoms with Gasteiger partial charge in [-0.05, 0) is 19.1 Å². The minimum Gasteiger partial charge on any atom is -0.495 e. The lowest BCUT2D eigenvalue weighted by atomic mass is 10.2. The Morgan fingerprint density at radius 1 is 1.18 bits per heavy atom. The van der Waals surface area contributed by atoms with Gasteiger partial charge < -0.3 is 14.7 Å². The second-order valence-electron chi connectivity index (χ2n) is 4.33. The summed E-state index contributed by atoms with van der Waals surface area (Å²) in [4.78, 5) is 4.38. The van der Waals surface area contributed by atoms with Crippen LogP contribution in [0.3, 0.4) is 0 Å². The maximum atomic E-state index is 9.52. The van der Waals surface area contributed by atoms with Gasteiger partial charge in [0.15, 0.2) is 0 Å². The molecular weight excluding hydrogens is 216 g/mol. The number of methoxy groups -OCH3 is 1. The van der Waals surface area contributed by atoms with Crippen LogP contribution in [-0.2, 0) is 0 Å². The highest BCUT2D eigenvalue weighted by Crippen LogP contribution is 2.28. The predicted molar refractivity (Wildman–Crippen MR) is 68.5 cm³/mol. The van der Waals surface area contributed by atoms with Crippen molar-refractivity contribution in [1.82, 2.24) is 4.90 Å². The summed E-state index contributed by atoms with van der Waals surface area (Å²) in [5.41, 5.74) is 1.14. The van der Waals surface area contributed by atoms with E-state index in [1.807, 2.05) is 25.1 Å². The standard InChI is InChI=1S/C13H20N2O2/c1-11(16)14-7-9-15(10-8-14)12-5-3-4-6-13(12)17-2/h3-6,11,16H,7-10H2,1-2H3. The Kier molecular flexibility index (Phi) is 3.86. The van der Waals surface area contributed by atoms with Crippen molar-refractivity contribution in [2.45, 2.75) is 13.2 Å². The van der Waals surface area contributed by atoms with Gasteiger partial charge in [0.05, 0.1) is 12.8 Å². The van der Waals surface area contributed by atoms with Crippen molar-refractivity contribution < 1.29 is 9.84 Å². The Labute approximate surface area is 102 Å². The van der Waals surface area contributed by atoms with Crippen LogP contribution in [0.5, 0.6) is 5.75 Å². The van der Waals surface area contributed by atoms with E-state index in [2.05, 4.69) is 15.9 Å². The van der Waals surface area contributed by atoms with E-state index < -0.39 is 0 Å². The van der Waals surface area contributed by atoms with Gasteiger partial charge in [0.1, 0.15) is 12.0 Å². The van der Waals surface area contributed by atoms with Crippen molar-refractivity contribution in [2.75, 3.05) is 38.2 Å². The minimum absolute atomic E-state index is 0.352. The number of aliphatic hydroxyl groups excluding tert-OH is 1. The molecule has 4 nitrogen and oxygen atoms in total. The summed E-state index contributed by atoms with van der Waals surface area (Å²) >= 11 is 0. The molecule has 94 valence electrons. The SMILES string of the molecule is COc1ccccc1N1CCN(C(C)O)CC1. The molecule has 0 amide bonds. The molecule has 0 aliphatic carbocycles. The Balaban J connectivity index is 2.05. The van der Waals surface area contributed by atoms with E-state index >= 15 is 0 Å². The fourth-order valence-electron chi connectivity index (χ4n) is 2.23. The maximum Gasteiger partial charge on any atom is 0.142 e. The molecule has 1 heterocycles. The van der Waals surface area contributed by atoms with Crippen molar-refractivity contribution in [3.63, 3.8) is 0 Å². The molecule has 1 saturated heterocycles. The lowest BCUT2D eigenvalue weighted by molar-refractivity contribution is 0.0153. The van der Waals surface area contributed by atoms with E-state index in [0.29, 0.717) is 0 Å². The third-order valence-corrected chi connectivity index (χ3v) is 3.27. The number of aliphatic hydroxyl groups is 1. The summed E-state index contributed by atoms with van der Waals surface area (Å²) in [5.74, 6) is 0.915. The summed E-state index contributed by atoms with van der Waals surface area (Å²) in [6.45, 7) is 5.43. The largest absolute Gasteiger partial charge is 0.495 e. The van der Waals surface area contributed by atoms with Gasteiger partial charge in [0.25, 0.3) is 0 Å². The first kappa shape index (κ1) is 12.2. The molecule has 0 radical (unpaired) electrons. The number of rotatable bonds is 3. The predicted octanol–water partition coefficient (Wildman–Crippen LogP) is 1.16. The third-order valence-electron chi connectivity index (χ3n) is 3.27. The van der Waals surface area contributed by atoms with E-state index in [0.717, 1.165) is 37.6 Å². The van der Waals surface area contributed by atoms with Crippen LogP contribution in [0, 0.1) is 0 Å². The van der Waals surface area contributed by atoms with Gasteiger partial charge in [0.2, 0.25) is 0 Å². The van der Waals surface area contributed by atoms with Gasteiger partial charge in [-0.25, -0.2) is 0 Å². The molecule has 0 saturated carbocycles. The van der Waals surface area contributed by atoms with Crippen LogP contribution in [0.25, 0.3) is 0 Å². The van der Waals surface area contributed by atoms with Gasteiger partial charge in [-0.2, -0.15) is 0 Å². The first-order valence-electron chi connectivity index (χ1n) is 6.02. The molecule has 1 atom stereocenters. The fraction of sp³-hybridized carbons (Fsp3) is 0.538. The normalized spacial score (nSPS) is 19.1. The molecule has 1 aromatic carbocycles. The molecule has 17 heavy (non-hydrogen) atoms. The van der Waals surface area contributed by atoms with E-state index in [-0.39, 0.29) is 6.23 Å². The molecule has 1 aliphatic rings. The highest BCUT2D eigenvalue weighted by atomic mass is 16.5. The van der Waals surface area contributed by atoms with Gasteiger partial charge in [-0.15, -0.1) is 0 Å². The van der Waals surface area contributed by atoms with Crippen LogP contribution in [0.15, 0.2) is 24.3 Å². The summed E-state index contributed by atoms with van der Waals surface area (Å²) in [5, 5.41) is 9.52. The zero-order chi connectivity index (χ0) is 12.3. The topological polar surface area (TPSA) is 35.9 Å². The Bertz CT molecular complexity index is 360. The highest BCUT2D eigenvalue weighted by molar-refractivity contribution is 5.58. The van der Waals surface area contributed by atoms with Crippen molar-refractivity contribution in [3.8, 4) is 5.75 Å². The highest BCUT2D eigenvalue weighted by Gasteiger charge is 2.21. The number of para-hydroxylation sites is 2. The van der Waals surface area contributed by atoms with Crippen molar-refractivity contribution in [3.05, 3.63) is 24.3 Å². The van der Waals surface area contributed by atoms with E-state index in [9.17, 15) is 5.11 Å². The first-order valence-corrected chi connectivity index (χ1v) is 6.02. The average molecular weight is 236 g/mol. The summed E-state index contributed by atoms with van der Waals surface area (Å²) in [7, 11) is 1.70. The lowest BCUT2D eigenvalue weighted by Gasteiger charge is -2.37. The number of nitrogens with zero attached hydrogens (tertiary/aromatic N) is 2. The maximum absolute atomic E-state index is 9.52. The van der Waals surface area contributed by atoms with Crippen LogP contribution in [0.1, 0.15) is 6.92 Å². The number of hydrogen-bond donors (Lipinski definition) is 1. The molecule has 1 N–H and O–H groups in total. The second-order valence-corrected chi connectivity index (χ2v) is 4.33. The Hall–Kier alpha value is -1.26. The van der Waals surface area contributed by atoms with E-state index in [1.54, 1.807) is 7.11 Å². The van der Waals surface area contributed by atoms with Crippen molar-refractivity contribution >= 4 is 5.69 Å². The van der Waals surface area contributed by atoms with Gasteiger partial charge in [-0.1, -0.05) is 12.1 Å². The van der Waals surface area contributed by atoms with Gasteiger partial charge in [-0.3, -0.25) is 4.90 Å². The number of piperazine rings is 1. The van der Waals surface area contributed by atoms with E-state index in [1.165, 1.54) is 0 Å². The number of anilines is 1. The monoisotopic (exact) mass is 236 g/mol. The zero-order valence-corrected chi connectivity index (χ0v) is 10.5. The minimum atomic E-state index is -0.352. The molecule has 2 rings (SSSR count). The molecule has 0 aromatic heterocycles. The third kappa shape index (κ3) is 2.70. The molecule has 0 spiro atoms. The summed E-state index contributed by atoms with van der Waals surface area (Å²) in [6, 6.07) is 8.07. The molecule has 4 heteroatoms. The van der Waals surface area contributed by atoms with Crippen LogP contribution in [0.2, 0.25) is 0 Å². The van der Waals surface area contributed by atoms with Crippen molar-refractivity contribution in [1.29, 1.82) is 0 Å².